The van der Waals surface area contributed by atoms with Gasteiger partial charge in [0.25, 0.3) is 0 Å². The molecule has 1 amide bonds. The first-order valence-electron chi connectivity index (χ1n) is 10.2. The van der Waals surface area contributed by atoms with Crippen LogP contribution >= 0.6 is 0 Å². The highest BCUT2D eigenvalue weighted by atomic mass is 32.2. The Bertz CT molecular complexity index is 936. The van der Waals surface area contributed by atoms with Crippen molar-refractivity contribution in [3.05, 3.63) is 42.4 Å². The standard InChI is InChI=1S/C21H29N3O5S/c1-16(19-8-7-13-29-19)22-15-21(25)23-18-14-17(9-10-20(18)28-2)30(26,27)24-11-5-3-4-6-12-24/h7-10,13-14,16,22H,3-6,11-12,15H2,1-2H3,(H,23,25)/t16-/m1/s1. The molecule has 8 nitrogen and oxygen atoms in total. The third-order valence-corrected chi connectivity index (χ3v) is 7.08. The van der Waals surface area contributed by atoms with Crippen LogP contribution in [-0.4, -0.2) is 45.4 Å². The zero-order chi connectivity index (χ0) is 21.6. The SMILES string of the molecule is COc1ccc(S(=O)(=O)N2CCCCCC2)cc1NC(=O)CN[C@H](C)c1ccco1. The summed E-state index contributed by atoms with van der Waals surface area (Å²) in [5.74, 6) is 0.819. The van der Waals surface area contributed by atoms with Crippen LogP contribution in [-0.2, 0) is 14.8 Å². The molecule has 1 fully saturated rings. The fourth-order valence-corrected chi connectivity index (χ4v) is 5.00. The molecule has 2 aromatic rings. The number of anilines is 1. The Balaban J connectivity index is 1.71. The van der Waals surface area contributed by atoms with Crippen LogP contribution in [0.5, 0.6) is 5.75 Å². The van der Waals surface area contributed by atoms with E-state index in [0.29, 0.717) is 24.5 Å². The molecule has 164 valence electrons. The molecule has 1 aliphatic rings. The van der Waals surface area contributed by atoms with E-state index >= 15 is 0 Å². The van der Waals surface area contributed by atoms with Gasteiger partial charge in [-0.3, -0.25) is 10.1 Å². The van der Waals surface area contributed by atoms with Crippen molar-refractivity contribution in [2.75, 3.05) is 32.1 Å². The van der Waals surface area contributed by atoms with Crippen LogP contribution in [0.4, 0.5) is 5.69 Å². The fourth-order valence-electron chi connectivity index (χ4n) is 3.45. The van der Waals surface area contributed by atoms with E-state index in [1.807, 2.05) is 13.0 Å². The smallest absolute Gasteiger partial charge is 0.243 e. The van der Waals surface area contributed by atoms with Crippen molar-refractivity contribution in [3.63, 3.8) is 0 Å². The lowest BCUT2D eigenvalue weighted by molar-refractivity contribution is -0.115. The summed E-state index contributed by atoms with van der Waals surface area (Å²) in [5, 5.41) is 5.82. The van der Waals surface area contributed by atoms with Crippen molar-refractivity contribution in [1.29, 1.82) is 0 Å². The molecule has 0 radical (unpaired) electrons. The Morgan fingerprint density at radius 2 is 1.93 bits per heavy atom. The molecule has 0 aliphatic carbocycles. The number of carbonyl (C=O) groups excluding carboxylic acids is 1. The molecule has 3 rings (SSSR count). The average molecular weight is 436 g/mol. The predicted octanol–water partition coefficient (Wildman–Crippen LogP) is 3.14. The number of rotatable bonds is 8. The summed E-state index contributed by atoms with van der Waals surface area (Å²) in [5.41, 5.74) is 0.325. The zero-order valence-corrected chi connectivity index (χ0v) is 18.2. The first kappa shape index (κ1) is 22.3. The molecule has 2 N–H and O–H groups in total. The highest BCUT2D eigenvalue weighted by molar-refractivity contribution is 7.89. The lowest BCUT2D eigenvalue weighted by Crippen LogP contribution is -2.32. The molecule has 1 aromatic heterocycles. The quantitative estimate of drug-likeness (QED) is 0.661. The van der Waals surface area contributed by atoms with E-state index in [2.05, 4.69) is 10.6 Å². The van der Waals surface area contributed by atoms with Crippen LogP contribution in [0.2, 0.25) is 0 Å². The lowest BCUT2D eigenvalue weighted by atomic mass is 10.2. The number of sulfonamides is 1. The van der Waals surface area contributed by atoms with Crippen molar-refractivity contribution < 1.29 is 22.4 Å². The largest absolute Gasteiger partial charge is 0.495 e. The van der Waals surface area contributed by atoms with E-state index < -0.39 is 10.0 Å². The van der Waals surface area contributed by atoms with Crippen LogP contribution in [0.25, 0.3) is 0 Å². The van der Waals surface area contributed by atoms with Crippen molar-refractivity contribution in [1.82, 2.24) is 9.62 Å². The number of carbonyl (C=O) groups is 1. The minimum absolute atomic E-state index is 0.0358. The number of hydrogen-bond donors (Lipinski definition) is 2. The van der Waals surface area contributed by atoms with Gasteiger partial charge in [0.15, 0.2) is 0 Å². The second-order valence-electron chi connectivity index (χ2n) is 7.35. The molecular formula is C21H29N3O5S. The van der Waals surface area contributed by atoms with Crippen molar-refractivity contribution in [2.45, 2.75) is 43.5 Å². The molecule has 1 atom stereocenters. The predicted molar refractivity (Wildman–Crippen MR) is 114 cm³/mol. The van der Waals surface area contributed by atoms with Gasteiger partial charge in [-0.05, 0) is 50.1 Å². The van der Waals surface area contributed by atoms with E-state index in [1.54, 1.807) is 18.4 Å². The maximum absolute atomic E-state index is 13.1. The third kappa shape index (κ3) is 5.41. The first-order valence-corrected chi connectivity index (χ1v) is 11.6. The number of methoxy groups -OCH3 is 1. The molecule has 1 aromatic carbocycles. The summed E-state index contributed by atoms with van der Waals surface area (Å²) in [6, 6.07) is 8.03. The van der Waals surface area contributed by atoms with Crippen LogP contribution in [0.3, 0.4) is 0 Å². The van der Waals surface area contributed by atoms with Gasteiger partial charge in [-0.1, -0.05) is 12.8 Å². The first-order chi connectivity index (χ1) is 14.4. The zero-order valence-electron chi connectivity index (χ0n) is 17.4. The highest BCUT2D eigenvalue weighted by Gasteiger charge is 2.26. The molecule has 2 heterocycles. The maximum atomic E-state index is 13.1. The normalized spacial score (nSPS) is 16.6. The minimum atomic E-state index is -3.63. The second-order valence-corrected chi connectivity index (χ2v) is 9.28. The molecule has 1 saturated heterocycles. The number of ether oxygens (including phenoxy) is 1. The van der Waals surface area contributed by atoms with Crippen molar-refractivity contribution >= 4 is 21.6 Å². The number of furan rings is 1. The highest BCUT2D eigenvalue weighted by Crippen LogP contribution is 2.29. The second kappa shape index (κ2) is 10.1. The number of benzene rings is 1. The molecule has 0 bridgehead atoms. The molecule has 9 heteroatoms. The Kier molecular flexibility index (Phi) is 7.52. The number of hydrogen-bond acceptors (Lipinski definition) is 6. The van der Waals surface area contributed by atoms with Gasteiger partial charge in [0.1, 0.15) is 11.5 Å². The van der Waals surface area contributed by atoms with Gasteiger partial charge in [-0.15, -0.1) is 0 Å². The van der Waals surface area contributed by atoms with Crippen molar-refractivity contribution in [3.8, 4) is 5.75 Å². The van der Waals surface area contributed by atoms with Crippen LogP contribution in [0, 0.1) is 0 Å². The summed E-state index contributed by atoms with van der Waals surface area (Å²) in [6.45, 7) is 2.96. The summed E-state index contributed by atoms with van der Waals surface area (Å²) < 4.78 is 38.3. The Morgan fingerprint density at radius 1 is 1.20 bits per heavy atom. The van der Waals surface area contributed by atoms with Crippen molar-refractivity contribution in [2.24, 2.45) is 0 Å². The Morgan fingerprint density at radius 3 is 2.57 bits per heavy atom. The molecule has 1 aliphatic heterocycles. The summed E-state index contributed by atoms with van der Waals surface area (Å²) in [6.07, 6.45) is 5.38. The van der Waals surface area contributed by atoms with Gasteiger partial charge in [0.2, 0.25) is 15.9 Å². The van der Waals surface area contributed by atoms with Gasteiger partial charge in [0, 0.05) is 13.1 Å². The van der Waals surface area contributed by atoms with Crippen LogP contribution in [0.1, 0.15) is 44.4 Å². The van der Waals surface area contributed by atoms with E-state index in [4.69, 9.17) is 9.15 Å². The molecule has 0 saturated carbocycles. The van der Waals surface area contributed by atoms with Crippen LogP contribution in [0.15, 0.2) is 45.9 Å². The van der Waals surface area contributed by atoms with E-state index in [-0.39, 0.29) is 23.4 Å². The lowest BCUT2D eigenvalue weighted by Gasteiger charge is -2.21. The number of amides is 1. The van der Waals surface area contributed by atoms with Gasteiger partial charge in [-0.25, -0.2) is 8.42 Å². The van der Waals surface area contributed by atoms with Gasteiger partial charge in [-0.2, -0.15) is 4.31 Å². The minimum Gasteiger partial charge on any atom is -0.495 e. The van der Waals surface area contributed by atoms with Gasteiger partial charge in [0.05, 0.1) is 36.5 Å². The van der Waals surface area contributed by atoms with E-state index in [1.165, 1.54) is 23.5 Å². The summed E-state index contributed by atoms with van der Waals surface area (Å²) in [7, 11) is -2.15. The number of nitrogens with one attached hydrogen (secondary N) is 2. The topological polar surface area (TPSA) is 101 Å². The summed E-state index contributed by atoms with van der Waals surface area (Å²) in [4.78, 5) is 12.6. The molecule has 30 heavy (non-hydrogen) atoms. The Labute approximate surface area is 177 Å². The van der Waals surface area contributed by atoms with E-state index in [0.717, 1.165) is 31.4 Å². The van der Waals surface area contributed by atoms with Gasteiger partial charge < -0.3 is 14.5 Å². The third-order valence-electron chi connectivity index (χ3n) is 5.19. The fraction of sp³-hybridized carbons (Fsp3) is 0.476. The van der Waals surface area contributed by atoms with Gasteiger partial charge >= 0.3 is 0 Å². The molecule has 0 spiro atoms. The molecular weight excluding hydrogens is 406 g/mol. The monoisotopic (exact) mass is 435 g/mol. The average Bonchev–Trinajstić information content (AvgIpc) is 3.13. The Hall–Kier alpha value is -2.36. The summed E-state index contributed by atoms with van der Waals surface area (Å²) >= 11 is 0. The van der Waals surface area contributed by atoms with E-state index in [9.17, 15) is 13.2 Å². The number of nitrogens with zero attached hydrogens (tertiary/aromatic N) is 1. The van der Waals surface area contributed by atoms with Crippen LogP contribution < -0.4 is 15.4 Å². The molecule has 0 unspecified atom stereocenters. The maximum Gasteiger partial charge on any atom is 0.243 e.